The van der Waals surface area contributed by atoms with Crippen molar-refractivity contribution in [2.75, 3.05) is 13.1 Å². The van der Waals surface area contributed by atoms with Crippen LogP contribution in [0.3, 0.4) is 0 Å². The van der Waals surface area contributed by atoms with Crippen molar-refractivity contribution >= 4 is 50.0 Å². The van der Waals surface area contributed by atoms with E-state index >= 15 is 0 Å². The van der Waals surface area contributed by atoms with Gasteiger partial charge >= 0.3 is 164 Å². The van der Waals surface area contributed by atoms with Crippen LogP contribution in [0.5, 0.6) is 0 Å². The Morgan fingerprint density at radius 1 is 0.769 bits per heavy atom. The van der Waals surface area contributed by atoms with Crippen molar-refractivity contribution < 1.29 is 29.4 Å². The molecule has 0 radical (unpaired) electrons. The SMILES string of the molecule is O=C(O)[C@@H]1CCCN1C(=O)CC[Se][Se]CCC(=O)N1CCC[C@H]1C(=O)O. The number of carboxylic acid groups (broad SMARTS) is 2. The van der Waals surface area contributed by atoms with Crippen LogP contribution in [-0.4, -0.2) is 95.2 Å². The third kappa shape index (κ3) is 5.71. The Hall–Kier alpha value is -1.08. The van der Waals surface area contributed by atoms with E-state index in [0.29, 0.717) is 65.0 Å². The molecule has 26 heavy (non-hydrogen) atoms. The summed E-state index contributed by atoms with van der Waals surface area (Å²) in [5.41, 5.74) is 0. The van der Waals surface area contributed by atoms with Gasteiger partial charge in [0.15, 0.2) is 0 Å². The van der Waals surface area contributed by atoms with Crippen LogP contribution in [0.1, 0.15) is 38.5 Å². The molecule has 2 aliphatic heterocycles. The fraction of sp³-hybridized carbons (Fsp3) is 0.750. The Morgan fingerprint density at radius 2 is 1.15 bits per heavy atom. The third-order valence-corrected chi connectivity index (χ3v) is 12.0. The van der Waals surface area contributed by atoms with Crippen LogP contribution in [0.25, 0.3) is 0 Å². The zero-order valence-electron chi connectivity index (χ0n) is 14.5. The van der Waals surface area contributed by atoms with Gasteiger partial charge in [0.05, 0.1) is 0 Å². The van der Waals surface area contributed by atoms with Crippen LogP contribution in [0.4, 0.5) is 0 Å². The Balaban J connectivity index is 1.59. The number of amides is 2. The average Bonchev–Trinajstić information content (AvgIpc) is 3.26. The van der Waals surface area contributed by atoms with E-state index in [1.807, 2.05) is 0 Å². The molecule has 0 bridgehead atoms. The second kappa shape index (κ2) is 10.3. The van der Waals surface area contributed by atoms with Gasteiger partial charge in [-0.15, -0.1) is 0 Å². The number of carbonyl (C=O) groups excluding carboxylic acids is 2. The summed E-state index contributed by atoms with van der Waals surface area (Å²) in [7, 11) is 0. The number of carboxylic acids is 2. The molecule has 0 spiro atoms. The molecule has 0 aromatic rings. The Labute approximate surface area is 163 Å². The van der Waals surface area contributed by atoms with Crippen molar-refractivity contribution in [2.45, 2.75) is 61.2 Å². The van der Waals surface area contributed by atoms with Crippen molar-refractivity contribution in [1.82, 2.24) is 9.80 Å². The van der Waals surface area contributed by atoms with E-state index in [-0.39, 0.29) is 11.8 Å². The summed E-state index contributed by atoms with van der Waals surface area (Å²) in [6.45, 7) is 1.06. The Kier molecular flexibility index (Phi) is 8.41. The number of aliphatic carboxylic acids is 2. The molecule has 2 saturated heterocycles. The van der Waals surface area contributed by atoms with E-state index in [4.69, 9.17) is 10.2 Å². The van der Waals surface area contributed by atoms with E-state index in [1.165, 1.54) is 9.80 Å². The van der Waals surface area contributed by atoms with Gasteiger partial charge in [-0.2, -0.15) is 0 Å². The van der Waals surface area contributed by atoms with E-state index in [9.17, 15) is 19.2 Å². The second-order valence-corrected chi connectivity index (χ2v) is 14.2. The molecule has 0 saturated carbocycles. The number of nitrogens with zero attached hydrogens (tertiary/aromatic N) is 2. The van der Waals surface area contributed by atoms with Crippen molar-refractivity contribution in [3.05, 3.63) is 0 Å². The summed E-state index contributed by atoms with van der Waals surface area (Å²) in [4.78, 5) is 49.5. The molecule has 8 nitrogen and oxygen atoms in total. The second-order valence-electron chi connectivity index (χ2n) is 6.31. The molecule has 0 aliphatic carbocycles. The summed E-state index contributed by atoms with van der Waals surface area (Å²) in [6, 6.07) is -1.33. The summed E-state index contributed by atoms with van der Waals surface area (Å²) < 4.78 is 0. The minimum absolute atomic E-state index is 0.0787. The Bertz CT molecular complexity index is 511. The third-order valence-electron chi connectivity index (χ3n) is 4.60. The summed E-state index contributed by atoms with van der Waals surface area (Å²) in [5, 5.41) is 19.8. The first-order valence-electron chi connectivity index (χ1n) is 8.70. The molecule has 2 rings (SSSR count). The predicted molar refractivity (Wildman–Crippen MR) is 95.1 cm³/mol. The molecule has 2 heterocycles. The number of carbonyl (C=O) groups is 4. The van der Waals surface area contributed by atoms with Crippen molar-refractivity contribution in [1.29, 1.82) is 0 Å². The van der Waals surface area contributed by atoms with E-state index in [0.717, 1.165) is 23.5 Å². The molecule has 10 heteroatoms. The fourth-order valence-corrected chi connectivity index (χ4v) is 9.27. The maximum atomic E-state index is 12.1. The average molecular weight is 498 g/mol. The van der Waals surface area contributed by atoms with Crippen LogP contribution in [-0.2, 0) is 19.2 Å². The topological polar surface area (TPSA) is 115 Å². The molecular formula is C16H24N2O6Se2. The van der Waals surface area contributed by atoms with Gasteiger partial charge in [0.2, 0.25) is 0 Å². The molecule has 146 valence electrons. The standard InChI is InChI=1S/C16H24N2O6Se2/c19-13(17-7-1-3-11(17)15(21)22)5-9-25-26-10-6-14(20)18-8-2-4-12(18)16(23)24/h11-12H,1-10H2,(H,21,22)(H,23,24)/t11-,12-/m0/s1. The van der Waals surface area contributed by atoms with Crippen LogP contribution in [0.2, 0.25) is 10.6 Å². The monoisotopic (exact) mass is 500 g/mol. The quantitative estimate of drug-likeness (QED) is 0.344. The summed E-state index contributed by atoms with van der Waals surface area (Å²) in [6.07, 6.45) is 3.32. The first-order chi connectivity index (χ1) is 12.4. The van der Waals surface area contributed by atoms with Crippen LogP contribution >= 0.6 is 0 Å². The molecule has 2 aliphatic rings. The van der Waals surface area contributed by atoms with E-state index in [1.54, 1.807) is 0 Å². The van der Waals surface area contributed by atoms with Gasteiger partial charge in [-0.25, -0.2) is 0 Å². The van der Waals surface area contributed by atoms with Gasteiger partial charge in [0, 0.05) is 0 Å². The van der Waals surface area contributed by atoms with Crippen molar-refractivity contribution in [3.63, 3.8) is 0 Å². The molecule has 0 unspecified atom stereocenters. The van der Waals surface area contributed by atoms with Gasteiger partial charge in [-0.1, -0.05) is 0 Å². The van der Waals surface area contributed by atoms with Gasteiger partial charge in [-0.3, -0.25) is 0 Å². The van der Waals surface area contributed by atoms with Gasteiger partial charge in [0.25, 0.3) is 0 Å². The zero-order valence-corrected chi connectivity index (χ0v) is 17.9. The Morgan fingerprint density at radius 3 is 1.50 bits per heavy atom. The van der Waals surface area contributed by atoms with Crippen molar-refractivity contribution in [2.24, 2.45) is 0 Å². The van der Waals surface area contributed by atoms with Crippen LogP contribution in [0.15, 0.2) is 0 Å². The van der Waals surface area contributed by atoms with Gasteiger partial charge in [0.1, 0.15) is 0 Å². The van der Waals surface area contributed by atoms with Crippen LogP contribution < -0.4 is 0 Å². The van der Waals surface area contributed by atoms with E-state index in [2.05, 4.69) is 0 Å². The van der Waals surface area contributed by atoms with E-state index < -0.39 is 24.0 Å². The minimum atomic E-state index is -0.925. The first-order valence-corrected chi connectivity index (χ1v) is 15.5. The number of rotatable bonds is 9. The maximum absolute atomic E-state index is 12.1. The number of hydrogen-bond donors (Lipinski definition) is 2. The van der Waals surface area contributed by atoms with Crippen LogP contribution in [0, 0.1) is 0 Å². The first kappa shape index (κ1) is 21.2. The number of likely N-dealkylation sites (tertiary alicyclic amines) is 2. The molecule has 0 aromatic heterocycles. The molecule has 2 N–H and O–H groups in total. The predicted octanol–water partition coefficient (Wildman–Crippen LogP) is 0.0778. The molecule has 2 fully saturated rings. The van der Waals surface area contributed by atoms with Gasteiger partial charge in [-0.05, 0) is 0 Å². The summed E-state index contributed by atoms with van der Waals surface area (Å²) >= 11 is 0.581. The molecular weight excluding hydrogens is 474 g/mol. The van der Waals surface area contributed by atoms with Gasteiger partial charge < -0.3 is 0 Å². The fourth-order valence-electron chi connectivity index (χ4n) is 3.31. The molecule has 0 aromatic carbocycles. The molecule has 2 atom stereocenters. The normalized spacial score (nSPS) is 22.6. The summed E-state index contributed by atoms with van der Waals surface area (Å²) in [5.74, 6) is -2.01. The van der Waals surface area contributed by atoms with Crippen molar-refractivity contribution in [3.8, 4) is 0 Å². The number of hydrogen-bond acceptors (Lipinski definition) is 4. The molecule has 2 amide bonds. The zero-order chi connectivity index (χ0) is 19.1.